The first-order chi connectivity index (χ1) is 9.41. The molecule has 0 amide bonds. The van der Waals surface area contributed by atoms with Crippen molar-refractivity contribution in [2.45, 2.75) is 20.4 Å². The van der Waals surface area contributed by atoms with Gasteiger partial charge in [0, 0.05) is 33.8 Å². The van der Waals surface area contributed by atoms with Gasteiger partial charge >= 0.3 is 0 Å². The van der Waals surface area contributed by atoms with E-state index in [0.717, 1.165) is 23.9 Å². The largest absolute Gasteiger partial charge is 0.493 e. The molecule has 1 aromatic rings. The zero-order chi connectivity index (χ0) is 15.1. The smallest absolute Gasteiger partial charge is 0.195 e. The van der Waals surface area contributed by atoms with E-state index in [2.05, 4.69) is 24.9 Å². The summed E-state index contributed by atoms with van der Waals surface area (Å²) in [5.41, 5.74) is 1.12. The molecule has 20 heavy (non-hydrogen) atoms. The van der Waals surface area contributed by atoms with Crippen molar-refractivity contribution in [3.63, 3.8) is 0 Å². The molecule has 0 radical (unpaired) electrons. The number of aliphatic imine (C=N–C) groups is 1. The second kappa shape index (κ2) is 7.78. The average Bonchev–Trinajstić information content (AvgIpc) is 2.36. The molecular weight excluding hydrogens is 250 g/mol. The van der Waals surface area contributed by atoms with Crippen LogP contribution in [0.2, 0.25) is 0 Å². The summed E-state index contributed by atoms with van der Waals surface area (Å²) >= 11 is 0. The van der Waals surface area contributed by atoms with E-state index in [1.807, 2.05) is 56.2 Å². The molecular formula is C16H27N3O. The predicted molar refractivity (Wildman–Crippen MR) is 85.3 cm³/mol. The highest BCUT2D eigenvalue weighted by atomic mass is 16.5. The summed E-state index contributed by atoms with van der Waals surface area (Å²) in [6.45, 7) is 5.66. The molecule has 0 heterocycles. The first kappa shape index (κ1) is 16.3. The summed E-state index contributed by atoms with van der Waals surface area (Å²) < 4.78 is 5.86. The molecule has 0 aliphatic carbocycles. The Morgan fingerprint density at radius 2 is 1.70 bits per heavy atom. The number of rotatable bonds is 5. The van der Waals surface area contributed by atoms with Crippen molar-refractivity contribution in [3.8, 4) is 5.75 Å². The van der Waals surface area contributed by atoms with Crippen LogP contribution in [0.25, 0.3) is 0 Å². The van der Waals surface area contributed by atoms with Gasteiger partial charge in [0.15, 0.2) is 5.96 Å². The van der Waals surface area contributed by atoms with Crippen molar-refractivity contribution in [2.75, 3.05) is 34.8 Å². The molecule has 0 aliphatic heterocycles. The Bertz CT molecular complexity index is 429. The van der Waals surface area contributed by atoms with Gasteiger partial charge in [-0.05, 0) is 12.0 Å². The van der Waals surface area contributed by atoms with Crippen LogP contribution in [0.3, 0.4) is 0 Å². The van der Waals surface area contributed by atoms with Crippen LogP contribution in [0.5, 0.6) is 5.75 Å². The molecule has 4 heteroatoms. The van der Waals surface area contributed by atoms with Crippen LogP contribution >= 0.6 is 0 Å². The van der Waals surface area contributed by atoms with E-state index in [0.29, 0.717) is 12.5 Å². The van der Waals surface area contributed by atoms with Gasteiger partial charge in [0.05, 0.1) is 13.2 Å². The number of nitrogens with zero attached hydrogens (tertiary/aromatic N) is 3. The van der Waals surface area contributed by atoms with Crippen molar-refractivity contribution < 1.29 is 4.74 Å². The van der Waals surface area contributed by atoms with Gasteiger partial charge in [-0.15, -0.1) is 0 Å². The molecule has 0 aliphatic rings. The Balaban J connectivity index is 2.83. The Morgan fingerprint density at radius 1 is 1.10 bits per heavy atom. The second-order valence-corrected chi connectivity index (χ2v) is 5.72. The van der Waals surface area contributed by atoms with Crippen LogP contribution in [0.1, 0.15) is 19.4 Å². The number of ether oxygens (including phenoxy) is 1. The maximum Gasteiger partial charge on any atom is 0.195 e. The molecule has 0 atom stereocenters. The molecule has 0 bridgehead atoms. The van der Waals surface area contributed by atoms with Crippen LogP contribution < -0.4 is 4.74 Å². The summed E-state index contributed by atoms with van der Waals surface area (Å²) in [5, 5.41) is 0. The summed E-state index contributed by atoms with van der Waals surface area (Å²) in [4.78, 5) is 8.69. The standard InChI is InChI=1S/C16H27N3O/c1-13(2)12-20-15-10-8-7-9-14(15)11-17-16(18(3)4)19(5)6/h7-10,13H,11-12H2,1-6H3. The lowest BCUT2D eigenvalue weighted by Crippen LogP contribution is -2.35. The average molecular weight is 277 g/mol. The molecule has 0 fully saturated rings. The zero-order valence-corrected chi connectivity index (χ0v) is 13.6. The van der Waals surface area contributed by atoms with E-state index in [4.69, 9.17) is 4.74 Å². The lowest BCUT2D eigenvalue weighted by molar-refractivity contribution is 0.268. The van der Waals surface area contributed by atoms with Crippen molar-refractivity contribution in [1.29, 1.82) is 0 Å². The van der Waals surface area contributed by atoms with Gasteiger partial charge in [0.1, 0.15) is 5.75 Å². The maximum atomic E-state index is 5.86. The minimum absolute atomic E-state index is 0.519. The van der Waals surface area contributed by atoms with Crippen molar-refractivity contribution in [3.05, 3.63) is 29.8 Å². The lowest BCUT2D eigenvalue weighted by atomic mass is 10.2. The maximum absolute atomic E-state index is 5.86. The SMILES string of the molecule is CC(C)COc1ccccc1CN=C(N(C)C)N(C)C. The monoisotopic (exact) mass is 277 g/mol. The van der Waals surface area contributed by atoms with E-state index in [1.165, 1.54) is 0 Å². The lowest BCUT2D eigenvalue weighted by Gasteiger charge is -2.22. The molecule has 0 unspecified atom stereocenters. The minimum atomic E-state index is 0.519. The second-order valence-electron chi connectivity index (χ2n) is 5.72. The quantitative estimate of drug-likeness (QED) is 0.612. The topological polar surface area (TPSA) is 28.1 Å². The highest BCUT2D eigenvalue weighted by Crippen LogP contribution is 2.19. The summed E-state index contributed by atoms with van der Waals surface area (Å²) in [7, 11) is 8.00. The van der Waals surface area contributed by atoms with E-state index < -0.39 is 0 Å². The van der Waals surface area contributed by atoms with Crippen LogP contribution in [-0.2, 0) is 6.54 Å². The van der Waals surface area contributed by atoms with E-state index in [1.54, 1.807) is 0 Å². The van der Waals surface area contributed by atoms with Crippen LogP contribution in [0, 0.1) is 5.92 Å². The number of hydrogen-bond donors (Lipinski definition) is 0. The number of guanidine groups is 1. The van der Waals surface area contributed by atoms with E-state index >= 15 is 0 Å². The highest BCUT2D eigenvalue weighted by Gasteiger charge is 2.07. The predicted octanol–water partition coefficient (Wildman–Crippen LogP) is 2.70. The van der Waals surface area contributed by atoms with Crippen LogP contribution in [-0.4, -0.2) is 50.6 Å². The third kappa shape index (κ3) is 5.11. The molecule has 0 saturated carbocycles. The summed E-state index contributed by atoms with van der Waals surface area (Å²) in [6, 6.07) is 8.11. The van der Waals surface area contributed by atoms with Gasteiger partial charge in [0.25, 0.3) is 0 Å². The Labute approximate surface area is 123 Å². The first-order valence-electron chi connectivity index (χ1n) is 7.01. The van der Waals surface area contributed by atoms with Crippen LogP contribution in [0.4, 0.5) is 0 Å². The molecule has 0 spiro atoms. The molecule has 0 saturated heterocycles. The fourth-order valence-electron chi connectivity index (χ4n) is 1.87. The summed E-state index contributed by atoms with van der Waals surface area (Å²) in [6.07, 6.45) is 0. The third-order valence-corrected chi connectivity index (χ3v) is 2.74. The van der Waals surface area contributed by atoms with Gasteiger partial charge in [-0.25, -0.2) is 4.99 Å². The Morgan fingerprint density at radius 3 is 2.25 bits per heavy atom. The normalized spacial score (nSPS) is 10.3. The van der Waals surface area contributed by atoms with Crippen molar-refractivity contribution in [1.82, 2.24) is 9.80 Å². The molecule has 4 nitrogen and oxygen atoms in total. The number of para-hydroxylation sites is 1. The van der Waals surface area contributed by atoms with Gasteiger partial charge in [-0.1, -0.05) is 32.0 Å². The number of hydrogen-bond acceptors (Lipinski definition) is 2. The molecule has 1 rings (SSSR count). The number of benzene rings is 1. The van der Waals surface area contributed by atoms with Crippen molar-refractivity contribution >= 4 is 5.96 Å². The van der Waals surface area contributed by atoms with E-state index in [9.17, 15) is 0 Å². The minimum Gasteiger partial charge on any atom is -0.493 e. The van der Waals surface area contributed by atoms with E-state index in [-0.39, 0.29) is 0 Å². The Kier molecular flexibility index (Phi) is 6.36. The highest BCUT2D eigenvalue weighted by molar-refractivity contribution is 5.79. The molecule has 0 aromatic heterocycles. The van der Waals surface area contributed by atoms with Crippen molar-refractivity contribution in [2.24, 2.45) is 10.9 Å². The van der Waals surface area contributed by atoms with Gasteiger partial charge < -0.3 is 14.5 Å². The molecule has 112 valence electrons. The van der Waals surface area contributed by atoms with Crippen LogP contribution in [0.15, 0.2) is 29.3 Å². The molecule has 1 aromatic carbocycles. The first-order valence-corrected chi connectivity index (χ1v) is 7.01. The zero-order valence-electron chi connectivity index (χ0n) is 13.6. The Hall–Kier alpha value is -1.71. The van der Waals surface area contributed by atoms with Gasteiger partial charge in [-0.3, -0.25) is 0 Å². The third-order valence-electron chi connectivity index (χ3n) is 2.74. The molecule has 0 N–H and O–H groups in total. The van der Waals surface area contributed by atoms with Gasteiger partial charge in [0.2, 0.25) is 0 Å². The summed E-state index contributed by atoms with van der Waals surface area (Å²) in [5.74, 6) is 2.40. The fourth-order valence-corrected chi connectivity index (χ4v) is 1.87. The van der Waals surface area contributed by atoms with Gasteiger partial charge in [-0.2, -0.15) is 0 Å². The fraction of sp³-hybridized carbons (Fsp3) is 0.562.